The largest absolute Gasteiger partial charge is 0.870 e. The molecule has 0 aliphatic heterocycles. The Kier molecular flexibility index (Phi) is 30.9. The van der Waals surface area contributed by atoms with Crippen LogP contribution in [-0.2, 0) is 0 Å². The number of hydrogen-bond donors (Lipinski definition) is 0. The Morgan fingerprint density at radius 3 is 1.75 bits per heavy atom. The predicted molar refractivity (Wildman–Crippen MR) is 37.5 cm³/mol. The van der Waals surface area contributed by atoms with Gasteiger partial charge in [-0.15, -0.1) is 0 Å². The molecule has 0 fully saturated rings. The summed E-state index contributed by atoms with van der Waals surface area (Å²) in [7, 11) is 5.19. The molecule has 0 aromatic rings. The monoisotopic (exact) mass is 180 g/mol. The van der Waals surface area contributed by atoms with Crippen molar-refractivity contribution in [3.8, 4) is 0 Å². The average Bonchev–Trinajstić information content (AvgIpc) is 1.61. The van der Waals surface area contributed by atoms with Crippen LogP contribution in [0.15, 0.2) is 0 Å². The maximum absolute atomic E-state index is 5.19. The van der Waals surface area contributed by atoms with Crippen LogP contribution in [-0.4, -0.2) is 24.1 Å². The Bertz CT molecular complexity index is 26.0. The molecule has 0 aliphatic rings. The summed E-state index contributed by atoms with van der Waals surface area (Å²) in [6.07, 6.45) is 3.17. The third kappa shape index (κ3) is 16.1. The molecule has 4 heteroatoms. The number of alkyl halides is 1. The molecule has 0 saturated heterocycles. The van der Waals surface area contributed by atoms with Gasteiger partial charge in [-0.2, -0.15) is 0 Å². The Hall–Kier alpha value is 0.465. The second kappa shape index (κ2) is 15.7. The van der Waals surface area contributed by atoms with Crippen LogP contribution >= 0.6 is 15.9 Å². The molecule has 0 atom stereocenters. The normalized spacial score (nSPS) is 6.88. The van der Waals surface area contributed by atoms with E-state index in [2.05, 4.69) is 15.9 Å². The molecular formula is C4H10BBrO2. The standard InChI is InChI=1S/C4H8BBr.2H2O/c5-3-1-2-4-6;;/h1-4H2;2*1H2/q+2;;/p-2. The quantitative estimate of drug-likeness (QED) is 0.375. The summed E-state index contributed by atoms with van der Waals surface area (Å²) >= 11 is 3.29. The van der Waals surface area contributed by atoms with Gasteiger partial charge in [0.25, 0.3) is 0 Å². The number of rotatable bonds is 3. The summed E-state index contributed by atoms with van der Waals surface area (Å²) in [5, 5.41) is 1.09. The van der Waals surface area contributed by atoms with Crippen LogP contribution in [0.2, 0.25) is 6.32 Å². The molecule has 2 N–H and O–H groups in total. The molecule has 0 amide bonds. The van der Waals surface area contributed by atoms with Gasteiger partial charge in [-0.1, -0.05) is 0 Å². The van der Waals surface area contributed by atoms with Crippen LogP contribution in [0.3, 0.4) is 0 Å². The number of hydrogen-bond acceptors (Lipinski definition) is 2. The molecule has 0 unspecified atom stereocenters. The van der Waals surface area contributed by atoms with E-state index in [1.54, 1.807) is 0 Å². The number of unbranched alkanes of at least 4 members (excludes halogenated alkanes) is 1. The zero-order valence-electron chi connectivity index (χ0n) is 4.68. The van der Waals surface area contributed by atoms with Crippen molar-refractivity contribution in [2.75, 3.05) is 5.33 Å². The van der Waals surface area contributed by atoms with Crippen molar-refractivity contribution >= 4 is 23.8 Å². The van der Waals surface area contributed by atoms with Gasteiger partial charge in [0.15, 0.2) is 0 Å². The van der Waals surface area contributed by atoms with Crippen molar-refractivity contribution < 1.29 is 11.0 Å². The molecule has 0 aromatic carbocycles. The fourth-order valence-corrected chi connectivity index (χ4v) is 0.635. The molecule has 0 saturated carbocycles. The van der Waals surface area contributed by atoms with Gasteiger partial charge >= 0.3 is 48.3 Å². The van der Waals surface area contributed by atoms with Gasteiger partial charge in [0.2, 0.25) is 0 Å². The van der Waals surface area contributed by atoms with Gasteiger partial charge in [-0.3, -0.25) is 0 Å². The van der Waals surface area contributed by atoms with Crippen LogP contribution in [0.5, 0.6) is 0 Å². The first-order valence-corrected chi connectivity index (χ1v) is 3.30. The van der Waals surface area contributed by atoms with Crippen molar-refractivity contribution in [1.29, 1.82) is 0 Å². The van der Waals surface area contributed by atoms with Gasteiger partial charge in [-0.25, -0.2) is 0 Å². The molecule has 48 valence electrons. The first kappa shape index (κ1) is 15.8. The van der Waals surface area contributed by atoms with E-state index in [9.17, 15) is 0 Å². The molecule has 0 aliphatic carbocycles. The maximum atomic E-state index is 5.19. The summed E-state index contributed by atoms with van der Waals surface area (Å²) in [5.74, 6) is 0. The molecule has 0 heterocycles. The van der Waals surface area contributed by atoms with Crippen LogP contribution in [0.4, 0.5) is 0 Å². The zero-order valence-corrected chi connectivity index (χ0v) is 6.26. The van der Waals surface area contributed by atoms with E-state index in [0.29, 0.717) is 0 Å². The SMILES string of the molecule is [B+2]CCCCBr.[OH-].[OH-]. The fraction of sp³-hybridized carbons (Fsp3) is 1.00. The first-order valence-electron chi connectivity index (χ1n) is 2.18. The van der Waals surface area contributed by atoms with Crippen LogP contribution in [0.1, 0.15) is 12.8 Å². The first-order chi connectivity index (χ1) is 2.91. The van der Waals surface area contributed by atoms with Gasteiger partial charge in [-0.05, 0) is 0 Å². The predicted octanol–water partition coefficient (Wildman–Crippen LogP) is 1.39. The van der Waals surface area contributed by atoms with Crippen molar-refractivity contribution in [2.45, 2.75) is 19.2 Å². The molecule has 0 spiro atoms. The van der Waals surface area contributed by atoms with E-state index >= 15 is 0 Å². The molecular weight excluding hydrogens is 171 g/mol. The maximum Gasteiger partial charge on any atom is -0.870 e. The van der Waals surface area contributed by atoms with E-state index in [1.165, 1.54) is 6.42 Å². The molecule has 8 heavy (non-hydrogen) atoms. The topological polar surface area (TPSA) is 60.0 Å². The summed E-state index contributed by atoms with van der Waals surface area (Å²) in [6.45, 7) is 0. The second-order valence-electron chi connectivity index (χ2n) is 1.18. The van der Waals surface area contributed by atoms with Crippen LogP contribution in [0, 0.1) is 0 Å². The van der Waals surface area contributed by atoms with Gasteiger partial charge in [0.05, 0.1) is 0 Å². The van der Waals surface area contributed by atoms with Crippen LogP contribution < -0.4 is 0 Å². The summed E-state index contributed by atoms with van der Waals surface area (Å²) in [5.41, 5.74) is 0. The molecule has 0 radical (unpaired) electrons. The van der Waals surface area contributed by atoms with E-state index in [1.807, 2.05) is 0 Å². The molecule has 0 bridgehead atoms. The molecule has 2 nitrogen and oxygen atoms in total. The van der Waals surface area contributed by atoms with E-state index < -0.39 is 0 Å². The average molecular weight is 181 g/mol. The second-order valence-corrected chi connectivity index (χ2v) is 1.98. The zero-order chi connectivity index (χ0) is 4.83. The van der Waals surface area contributed by atoms with Crippen molar-refractivity contribution in [2.24, 2.45) is 0 Å². The number of halogens is 1. The minimum atomic E-state index is 0. The van der Waals surface area contributed by atoms with E-state index in [4.69, 9.17) is 7.85 Å². The molecule has 0 rings (SSSR count). The third-order valence-electron chi connectivity index (χ3n) is 0.588. The van der Waals surface area contributed by atoms with Gasteiger partial charge in [0.1, 0.15) is 0 Å². The van der Waals surface area contributed by atoms with Gasteiger partial charge in [0, 0.05) is 0 Å². The third-order valence-corrected chi connectivity index (χ3v) is 1.15. The smallest absolute Gasteiger partial charge is 0.870 e. The Balaban J connectivity index is -0.000000125. The minimum absolute atomic E-state index is 0. The van der Waals surface area contributed by atoms with Gasteiger partial charge < -0.3 is 11.0 Å². The van der Waals surface area contributed by atoms with Crippen LogP contribution in [0.25, 0.3) is 0 Å². The summed E-state index contributed by atoms with van der Waals surface area (Å²) < 4.78 is 0. The van der Waals surface area contributed by atoms with E-state index in [-0.39, 0.29) is 11.0 Å². The Labute approximate surface area is 59.8 Å². The molecule has 0 aromatic heterocycles. The van der Waals surface area contributed by atoms with Crippen molar-refractivity contribution in [3.05, 3.63) is 0 Å². The van der Waals surface area contributed by atoms with Crippen molar-refractivity contribution in [1.82, 2.24) is 0 Å². The Morgan fingerprint density at radius 2 is 1.62 bits per heavy atom. The Morgan fingerprint density at radius 1 is 1.12 bits per heavy atom. The summed E-state index contributed by atoms with van der Waals surface area (Å²) in [6, 6.07) is 0. The van der Waals surface area contributed by atoms with E-state index in [0.717, 1.165) is 18.1 Å². The van der Waals surface area contributed by atoms with Crippen molar-refractivity contribution in [3.63, 3.8) is 0 Å². The fourth-order valence-electron chi connectivity index (χ4n) is 0.239. The minimum Gasteiger partial charge on any atom is -0.870 e. The summed E-state index contributed by atoms with van der Waals surface area (Å²) in [4.78, 5) is 0.